The highest BCUT2D eigenvalue weighted by Gasteiger charge is 2.17. The Morgan fingerprint density at radius 3 is 1.84 bits per heavy atom. The van der Waals surface area contributed by atoms with Crippen LogP contribution in [0.15, 0.2) is 97.3 Å². The number of thiophene rings is 1. The minimum absolute atomic E-state index is 1.00. The maximum atomic E-state index is 4.72. The zero-order valence-electron chi connectivity index (χ0n) is 16.5. The normalized spacial score (nSPS) is 11.9. The Balaban J connectivity index is 1.69. The van der Waals surface area contributed by atoms with Gasteiger partial charge in [-0.3, -0.25) is 0 Å². The molecule has 2 aromatic heterocycles. The number of rotatable bonds is 0. The highest BCUT2D eigenvalue weighted by molar-refractivity contribution is 7.26. The molecule has 3 heterocycles. The molecular formula is C28H16N2S. The predicted octanol–water partition coefficient (Wildman–Crippen LogP) is 7.83. The third kappa shape index (κ3) is 2.50. The Morgan fingerprint density at radius 1 is 0.516 bits per heavy atom. The molecule has 0 saturated heterocycles. The highest BCUT2D eigenvalue weighted by atomic mass is 32.1. The summed E-state index contributed by atoms with van der Waals surface area (Å²) in [5.74, 6) is 0. The van der Waals surface area contributed by atoms with Gasteiger partial charge in [0.1, 0.15) is 6.33 Å². The molecule has 0 amide bonds. The van der Waals surface area contributed by atoms with Crippen LogP contribution in [-0.4, -0.2) is 9.97 Å². The van der Waals surface area contributed by atoms with E-state index >= 15 is 0 Å². The summed E-state index contributed by atoms with van der Waals surface area (Å²) in [4.78, 5) is 9.40. The molecule has 0 radical (unpaired) electrons. The van der Waals surface area contributed by atoms with Crippen LogP contribution in [0.3, 0.4) is 0 Å². The molecule has 0 atom stereocenters. The maximum absolute atomic E-state index is 4.72. The van der Waals surface area contributed by atoms with Crippen molar-refractivity contribution in [3.63, 3.8) is 0 Å². The van der Waals surface area contributed by atoms with Crippen molar-refractivity contribution in [2.24, 2.45) is 0 Å². The molecular weight excluding hydrogens is 396 g/mol. The van der Waals surface area contributed by atoms with E-state index < -0.39 is 0 Å². The van der Waals surface area contributed by atoms with Gasteiger partial charge in [-0.2, -0.15) is 0 Å². The van der Waals surface area contributed by atoms with Crippen molar-refractivity contribution in [3.05, 3.63) is 97.3 Å². The molecule has 31 heavy (non-hydrogen) atoms. The molecule has 1 aliphatic heterocycles. The van der Waals surface area contributed by atoms with Crippen LogP contribution in [-0.2, 0) is 0 Å². The van der Waals surface area contributed by atoms with Crippen LogP contribution in [0.1, 0.15) is 0 Å². The second-order valence-electron chi connectivity index (χ2n) is 7.93. The van der Waals surface area contributed by atoms with Crippen LogP contribution in [0, 0.1) is 0 Å². The molecule has 0 spiro atoms. The first kappa shape index (κ1) is 16.9. The van der Waals surface area contributed by atoms with Crippen LogP contribution in [0.2, 0.25) is 0 Å². The highest BCUT2D eigenvalue weighted by Crippen LogP contribution is 2.43. The minimum atomic E-state index is 1.00. The molecule has 7 rings (SSSR count). The minimum Gasteiger partial charge on any atom is -0.235 e. The first-order chi connectivity index (χ1) is 15.3. The number of fused-ring (bicyclic) bond motifs is 11. The van der Waals surface area contributed by atoms with Crippen molar-refractivity contribution in [2.45, 2.75) is 0 Å². The molecule has 6 aromatic rings. The van der Waals surface area contributed by atoms with Gasteiger partial charge in [0.15, 0.2) is 0 Å². The first-order valence-corrected chi connectivity index (χ1v) is 11.1. The van der Waals surface area contributed by atoms with Gasteiger partial charge < -0.3 is 0 Å². The van der Waals surface area contributed by atoms with E-state index in [1.807, 2.05) is 0 Å². The largest absolute Gasteiger partial charge is 0.235 e. The fraction of sp³-hybridized carbons (Fsp3) is 0. The number of hydrogen-bond acceptors (Lipinski definition) is 3. The Bertz CT molecular complexity index is 1530. The van der Waals surface area contributed by atoms with Crippen molar-refractivity contribution >= 4 is 31.6 Å². The molecule has 2 nitrogen and oxygen atoms in total. The summed E-state index contributed by atoms with van der Waals surface area (Å²) in [5, 5.41) is 1.19. The summed E-state index contributed by atoms with van der Waals surface area (Å²) in [6.45, 7) is 0. The Hall–Kier alpha value is -3.82. The van der Waals surface area contributed by atoms with Gasteiger partial charge in [0, 0.05) is 15.6 Å². The molecule has 144 valence electrons. The number of hydrogen-bond donors (Lipinski definition) is 0. The average molecular weight is 413 g/mol. The number of nitrogens with zero attached hydrogens (tertiary/aromatic N) is 2. The van der Waals surface area contributed by atoms with Crippen LogP contribution < -0.4 is 0 Å². The smallest absolute Gasteiger partial charge is 0.116 e. The van der Waals surface area contributed by atoms with Gasteiger partial charge in [0.2, 0.25) is 0 Å². The standard InChI is InChI=1S/C28H16N2S/c1-5-17-13-18(6-1)20-8-3-10-22(15-20)25-28-26(30-16-29-25)24-12-4-11-23(27(24)31-28)21-9-2-7-19(17)14-21/h1-16H. The molecule has 0 fully saturated rings. The Morgan fingerprint density at radius 2 is 1.10 bits per heavy atom. The van der Waals surface area contributed by atoms with Crippen molar-refractivity contribution in [1.29, 1.82) is 0 Å². The van der Waals surface area contributed by atoms with E-state index in [9.17, 15) is 0 Å². The quantitative estimate of drug-likeness (QED) is 0.254. The fourth-order valence-electron chi connectivity index (χ4n) is 4.62. The molecule has 4 aromatic carbocycles. The van der Waals surface area contributed by atoms with Crippen molar-refractivity contribution in [1.82, 2.24) is 9.97 Å². The van der Waals surface area contributed by atoms with Gasteiger partial charge >= 0.3 is 0 Å². The zero-order chi connectivity index (χ0) is 20.4. The van der Waals surface area contributed by atoms with Gasteiger partial charge in [-0.1, -0.05) is 72.8 Å². The maximum Gasteiger partial charge on any atom is 0.116 e. The number of benzene rings is 4. The monoisotopic (exact) mass is 412 g/mol. The van der Waals surface area contributed by atoms with E-state index in [2.05, 4.69) is 96.0 Å². The summed E-state index contributed by atoms with van der Waals surface area (Å²) in [6.07, 6.45) is 1.70. The lowest BCUT2D eigenvalue weighted by Gasteiger charge is -2.10. The van der Waals surface area contributed by atoms with Crippen molar-refractivity contribution in [2.75, 3.05) is 0 Å². The lowest BCUT2D eigenvalue weighted by atomic mass is 9.95. The van der Waals surface area contributed by atoms with E-state index in [0.29, 0.717) is 0 Å². The van der Waals surface area contributed by atoms with Crippen LogP contribution >= 0.6 is 11.3 Å². The molecule has 8 bridgehead atoms. The van der Waals surface area contributed by atoms with Gasteiger partial charge in [0.25, 0.3) is 0 Å². The molecule has 0 aliphatic carbocycles. The molecule has 0 unspecified atom stereocenters. The third-order valence-corrected chi connectivity index (χ3v) is 7.35. The Kier molecular flexibility index (Phi) is 3.46. The zero-order valence-corrected chi connectivity index (χ0v) is 17.4. The van der Waals surface area contributed by atoms with Gasteiger partial charge in [-0.05, 0) is 51.6 Å². The van der Waals surface area contributed by atoms with Gasteiger partial charge in [-0.25, -0.2) is 9.97 Å². The van der Waals surface area contributed by atoms with Crippen LogP contribution in [0.4, 0.5) is 0 Å². The summed E-state index contributed by atoms with van der Waals surface area (Å²) in [7, 11) is 0. The van der Waals surface area contributed by atoms with Gasteiger partial charge in [-0.15, -0.1) is 11.3 Å². The van der Waals surface area contributed by atoms with E-state index in [4.69, 9.17) is 4.98 Å². The SMILES string of the molecule is c1cc2cc(c1)-c1cccc(c1)-c1ncnc3c1sc1c(cccc13)-c1cccc-2c1. The average Bonchev–Trinajstić information content (AvgIpc) is 3.23. The van der Waals surface area contributed by atoms with Crippen molar-refractivity contribution in [3.8, 4) is 44.6 Å². The topological polar surface area (TPSA) is 25.8 Å². The molecule has 1 aliphatic rings. The summed E-state index contributed by atoms with van der Waals surface area (Å²) in [6, 6.07) is 32.9. The summed E-state index contributed by atoms with van der Waals surface area (Å²) >= 11 is 1.80. The number of aromatic nitrogens is 2. The fourth-order valence-corrected chi connectivity index (χ4v) is 5.92. The summed E-state index contributed by atoms with van der Waals surface area (Å²) in [5.41, 5.74) is 10.5. The Labute approximate surface area is 183 Å². The third-order valence-electron chi connectivity index (χ3n) is 6.12. The predicted molar refractivity (Wildman–Crippen MR) is 130 cm³/mol. The summed E-state index contributed by atoms with van der Waals surface area (Å²) < 4.78 is 2.41. The van der Waals surface area contributed by atoms with E-state index in [0.717, 1.165) is 21.5 Å². The molecule has 3 heteroatoms. The second kappa shape index (κ2) is 6.34. The van der Waals surface area contributed by atoms with Crippen LogP contribution in [0.5, 0.6) is 0 Å². The first-order valence-electron chi connectivity index (χ1n) is 10.3. The van der Waals surface area contributed by atoms with E-state index in [1.54, 1.807) is 17.7 Å². The van der Waals surface area contributed by atoms with E-state index in [-0.39, 0.29) is 0 Å². The molecule has 0 saturated carbocycles. The van der Waals surface area contributed by atoms with Crippen LogP contribution in [0.25, 0.3) is 64.9 Å². The second-order valence-corrected chi connectivity index (χ2v) is 8.95. The van der Waals surface area contributed by atoms with Crippen molar-refractivity contribution < 1.29 is 0 Å². The molecule has 0 N–H and O–H groups in total. The van der Waals surface area contributed by atoms with Gasteiger partial charge in [0.05, 0.1) is 15.9 Å². The van der Waals surface area contributed by atoms with E-state index in [1.165, 1.54) is 43.5 Å². The lowest BCUT2D eigenvalue weighted by Crippen LogP contribution is -1.87. The lowest BCUT2D eigenvalue weighted by molar-refractivity contribution is 1.24.